The Morgan fingerprint density at radius 1 is 1.06 bits per heavy atom. The van der Waals surface area contributed by atoms with Crippen LogP contribution in [-0.4, -0.2) is 70.6 Å². The van der Waals surface area contributed by atoms with Gasteiger partial charge in [-0.2, -0.15) is 13.2 Å². The summed E-state index contributed by atoms with van der Waals surface area (Å²) in [6.45, 7) is 1.79. The molecule has 4 aliphatic rings. The highest BCUT2D eigenvalue weighted by Gasteiger charge is 2.62. The first kappa shape index (κ1) is 35.2. The number of esters is 1. The third-order valence-corrected chi connectivity index (χ3v) is 9.88. The molecule has 2 fully saturated rings. The highest BCUT2D eigenvalue weighted by atomic mass is 19.4. The van der Waals surface area contributed by atoms with Gasteiger partial charge in [0, 0.05) is 30.1 Å². The molecule has 2 aromatic rings. The highest BCUT2D eigenvalue weighted by Crippen LogP contribution is 2.46. The average molecular weight is 701 g/mol. The van der Waals surface area contributed by atoms with Crippen molar-refractivity contribution in [3.8, 4) is 0 Å². The minimum Gasteiger partial charge on any atom is -0.464 e. The molecule has 3 amide bonds. The lowest BCUT2D eigenvalue weighted by atomic mass is 10.0. The molecule has 50 heavy (non-hydrogen) atoms. The van der Waals surface area contributed by atoms with Crippen LogP contribution in [0.25, 0.3) is 0 Å². The second-order valence-electron chi connectivity index (χ2n) is 13.3. The van der Waals surface area contributed by atoms with Crippen molar-refractivity contribution in [2.24, 2.45) is 5.92 Å². The molecule has 2 aromatic carbocycles. The fraction of sp³-hybridized carbons (Fsp3) is 0.500. The number of ether oxygens (including phenoxy) is 2. The van der Waals surface area contributed by atoms with Gasteiger partial charge < -0.3 is 25.0 Å². The third-order valence-electron chi connectivity index (χ3n) is 9.88. The lowest BCUT2D eigenvalue weighted by molar-refractivity contribution is -0.150. The lowest BCUT2D eigenvalue weighted by Gasteiger charge is -2.30. The normalized spacial score (nSPS) is 27.5. The van der Waals surface area contributed by atoms with Crippen molar-refractivity contribution in [3.05, 3.63) is 77.1 Å². The van der Waals surface area contributed by atoms with Crippen LogP contribution in [0.15, 0.2) is 54.6 Å². The number of hydrogen-bond acceptors (Lipinski definition) is 7. The van der Waals surface area contributed by atoms with Gasteiger partial charge in [0.2, 0.25) is 11.8 Å². The first-order valence-electron chi connectivity index (χ1n) is 17.0. The van der Waals surface area contributed by atoms with Gasteiger partial charge >= 0.3 is 18.2 Å². The minimum atomic E-state index is -4.53. The predicted octanol–water partition coefficient (Wildman–Crippen LogP) is 5.71. The molecule has 6 rings (SSSR count). The summed E-state index contributed by atoms with van der Waals surface area (Å²) in [6.07, 6.45) is 1.22. The predicted molar refractivity (Wildman–Crippen MR) is 173 cm³/mol. The Bertz CT molecular complexity index is 1650. The van der Waals surface area contributed by atoms with Crippen LogP contribution in [0.3, 0.4) is 0 Å². The van der Waals surface area contributed by atoms with Gasteiger partial charge in [0.25, 0.3) is 0 Å². The van der Waals surface area contributed by atoms with E-state index < -0.39 is 65.2 Å². The van der Waals surface area contributed by atoms with E-state index in [4.69, 9.17) is 9.47 Å². The van der Waals surface area contributed by atoms with E-state index in [0.29, 0.717) is 36.1 Å². The standard InChI is InChI=1S/C36H40F4N4O6/c1-2-49-33(47)35-18-24(35)10-6-4-3-5-7-12-29(41-25-15-13-23(14-16-25)36(38,39)40)32(46)44-20-26(17-30(44)31(45)42-35)50-34(48)43-19-22-9-8-11-28(37)27(22)21-43/h6,8-11,13-16,24,26,29-30,41H,2-5,7,12,17-21H2,1H3,(H,42,45)/b10-6-/t24-,26+,29-,30-,35+/m0/s1. The van der Waals surface area contributed by atoms with E-state index in [-0.39, 0.29) is 38.6 Å². The zero-order valence-corrected chi connectivity index (χ0v) is 27.6. The zero-order chi connectivity index (χ0) is 35.6. The van der Waals surface area contributed by atoms with Gasteiger partial charge in [-0.1, -0.05) is 37.1 Å². The number of fused-ring (bicyclic) bond motifs is 3. The Kier molecular flexibility index (Phi) is 10.1. The summed E-state index contributed by atoms with van der Waals surface area (Å²) in [7, 11) is 0. The Morgan fingerprint density at radius 3 is 2.56 bits per heavy atom. The van der Waals surface area contributed by atoms with E-state index in [2.05, 4.69) is 10.6 Å². The van der Waals surface area contributed by atoms with Crippen LogP contribution in [0.5, 0.6) is 0 Å². The number of allylic oxidation sites excluding steroid dienone is 1. The van der Waals surface area contributed by atoms with Crippen LogP contribution in [0.4, 0.5) is 28.0 Å². The summed E-state index contributed by atoms with van der Waals surface area (Å²) in [5.41, 5.74) is -0.777. The number of benzene rings is 2. The summed E-state index contributed by atoms with van der Waals surface area (Å²) >= 11 is 0. The number of amides is 3. The number of nitrogens with one attached hydrogen (secondary N) is 2. The van der Waals surface area contributed by atoms with Gasteiger partial charge in [0.05, 0.1) is 25.3 Å². The topological polar surface area (TPSA) is 117 Å². The monoisotopic (exact) mass is 700 g/mol. The van der Waals surface area contributed by atoms with Gasteiger partial charge in [0.1, 0.15) is 29.5 Å². The van der Waals surface area contributed by atoms with Gasteiger partial charge in [-0.15, -0.1) is 0 Å². The third kappa shape index (κ3) is 7.43. The zero-order valence-electron chi connectivity index (χ0n) is 27.6. The largest absolute Gasteiger partial charge is 0.464 e. The summed E-state index contributed by atoms with van der Waals surface area (Å²) in [5.74, 6) is -2.40. The maximum Gasteiger partial charge on any atom is 0.416 e. The fourth-order valence-corrected chi connectivity index (χ4v) is 7.08. The first-order valence-corrected chi connectivity index (χ1v) is 17.0. The second-order valence-corrected chi connectivity index (χ2v) is 13.3. The van der Waals surface area contributed by atoms with Crippen molar-refractivity contribution in [1.82, 2.24) is 15.1 Å². The molecule has 0 aromatic heterocycles. The molecule has 3 heterocycles. The molecule has 0 unspecified atom stereocenters. The molecule has 268 valence electrons. The van der Waals surface area contributed by atoms with Crippen LogP contribution < -0.4 is 10.6 Å². The van der Waals surface area contributed by atoms with Gasteiger partial charge in [-0.05, 0) is 68.5 Å². The van der Waals surface area contributed by atoms with Crippen molar-refractivity contribution in [2.75, 3.05) is 18.5 Å². The second kappa shape index (κ2) is 14.3. The average Bonchev–Trinajstić information content (AvgIpc) is 3.38. The van der Waals surface area contributed by atoms with Crippen molar-refractivity contribution in [3.63, 3.8) is 0 Å². The lowest BCUT2D eigenvalue weighted by Crippen LogP contribution is -2.55. The molecule has 10 nitrogen and oxygen atoms in total. The van der Waals surface area contributed by atoms with E-state index in [1.807, 2.05) is 12.2 Å². The molecule has 5 atom stereocenters. The van der Waals surface area contributed by atoms with Crippen LogP contribution in [0, 0.1) is 11.7 Å². The Hall–Kier alpha value is -4.62. The minimum absolute atomic E-state index is 0.0101. The number of carbonyl (C=O) groups is 4. The maximum absolute atomic E-state index is 14.4. The van der Waals surface area contributed by atoms with Gasteiger partial charge in [-0.3, -0.25) is 14.5 Å². The smallest absolute Gasteiger partial charge is 0.416 e. The summed E-state index contributed by atoms with van der Waals surface area (Å²) in [4.78, 5) is 57.5. The number of hydrogen-bond donors (Lipinski definition) is 2. The van der Waals surface area contributed by atoms with Crippen LogP contribution in [0.2, 0.25) is 0 Å². The highest BCUT2D eigenvalue weighted by molar-refractivity contribution is 5.96. The number of alkyl halides is 3. The van der Waals surface area contributed by atoms with Crippen molar-refractivity contribution in [1.29, 1.82) is 0 Å². The number of rotatable bonds is 5. The van der Waals surface area contributed by atoms with Gasteiger partial charge in [0.15, 0.2) is 0 Å². The van der Waals surface area contributed by atoms with Crippen molar-refractivity contribution >= 4 is 29.6 Å². The quantitative estimate of drug-likeness (QED) is 0.233. The fourth-order valence-electron chi connectivity index (χ4n) is 7.08. The summed E-state index contributed by atoms with van der Waals surface area (Å²) < 4.78 is 65.2. The maximum atomic E-state index is 14.4. The van der Waals surface area contributed by atoms with Crippen molar-refractivity contribution in [2.45, 2.75) is 94.9 Å². The Balaban J connectivity index is 1.25. The van der Waals surface area contributed by atoms with Crippen LogP contribution in [0.1, 0.15) is 68.6 Å². The van der Waals surface area contributed by atoms with E-state index in [0.717, 1.165) is 31.4 Å². The van der Waals surface area contributed by atoms with Crippen molar-refractivity contribution < 1.29 is 46.2 Å². The van der Waals surface area contributed by atoms with Crippen LogP contribution >= 0.6 is 0 Å². The molecule has 3 aliphatic heterocycles. The molecular formula is C36H40F4N4O6. The molecular weight excluding hydrogens is 660 g/mol. The SMILES string of the molecule is CCOC(=O)[C@@]12C[C@@H]1/C=C\CCCCC[C@H](Nc1ccc(C(F)(F)F)cc1)C(=O)N1C[C@H](OC(=O)N3Cc4cccc(F)c4C3)C[C@H]1C(=O)N2. The summed E-state index contributed by atoms with van der Waals surface area (Å²) in [5, 5.41) is 5.94. The summed E-state index contributed by atoms with van der Waals surface area (Å²) in [6, 6.07) is 6.92. The first-order chi connectivity index (χ1) is 23.9. The number of carbonyl (C=O) groups excluding carboxylic acids is 4. The van der Waals surface area contributed by atoms with E-state index in [9.17, 15) is 36.7 Å². The van der Waals surface area contributed by atoms with E-state index in [1.54, 1.807) is 19.1 Å². The molecule has 1 saturated heterocycles. The Labute approximate surface area is 287 Å². The molecule has 0 radical (unpaired) electrons. The van der Waals surface area contributed by atoms with E-state index in [1.165, 1.54) is 28.0 Å². The molecule has 2 N–H and O–H groups in total. The number of nitrogens with zero attached hydrogens (tertiary/aromatic N) is 2. The van der Waals surface area contributed by atoms with Gasteiger partial charge in [-0.25, -0.2) is 14.0 Å². The molecule has 1 aliphatic carbocycles. The molecule has 0 spiro atoms. The van der Waals surface area contributed by atoms with E-state index >= 15 is 0 Å². The number of anilines is 1. The number of halogens is 4. The molecule has 1 saturated carbocycles. The molecule has 14 heteroatoms. The molecule has 0 bridgehead atoms. The van der Waals surface area contributed by atoms with Crippen LogP contribution in [-0.2, 0) is 43.1 Å². The Morgan fingerprint density at radius 2 is 1.84 bits per heavy atom.